The van der Waals surface area contributed by atoms with Crippen molar-refractivity contribution in [3.8, 4) is 11.5 Å². The zero-order valence-corrected chi connectivity index (χ0v) is 25.5. The highest BCUT2D eigenvalue weighted by molar-refractivity contribution is 14.1. The number of carbonyl (C=O) groups excluding carboxylic acids is 3. The lowest BCUT2D eigenvalue weighted by Crippen LogP contribution is -2.55. The molecule has 0 aromatic heterocycles. The van der Waals surface area contributed by atoms with E-state index < -0.39 is 24.2 Å². The van der Waals surface area contributed by atoms with E-state index in [9.17, 15) is 24.6 Å². The van der Waals surface area contributed by atoms with Crippen molar-refractivity contribution in [3.63, 3.8) is 0 Å². The molecule has 0 fully saturated rings. The highest BCUT2D eigenvalue weighted by atomic mass is 127. The summed E-state index contributed by atoms with van der Waals surface area (Å²) in [4.78, 5) is 39.3. The maximum absolute atomic E-state index is 13.4. The van der Waals surface area contributed by atoms with Gasteiger partial charge in [0.2, 0.25) is 11.8 Å². The number of aliphatic hydroxyl groups excluding tert-OH is 2. The molecule has 2 amide bonds. The lowest BCUT2D eigenvalue weighted by Gasteiger charge is -2.41. The molecule has 0 unspecified atom stereocenters. The van der Waals surface area contributed by atoms with E-state index in [1.165, 1.54) is 13.2 Å². The molecule has 1 aromatic carbocycles. The van der Waals surface area contributed by atoms with Crippen molar-refractivity contribution >= 4 is 40.7 Å². The van der Waals surface area contributed by atoms with Crippen molar-refractivity contribution in [3.05, 3.63) is 32.9 Å². The molecule has 3 atom stereocenters. The molecule has 0 radical (unpaired) electrons. The summed E-state index contributed by atoms with van der Waals surface area (Å²) in [5.41, 5.74) is 0.738. The van der Waals surface area contributed by atoms with Crippen molar-refractivity contribution in [1.82, 2.24) is 10.2 Å². The Morgan fingerprint density at radius 2 is 1.97 bits per heavy atom. The Morgan fingerprint density at radius 3 is 2.56 bits per heavy atom. The highest BCUT2D eigenvalue weighted by Crippen LogP contribution is 2.37. The molecular formula is C28H41IN2O8. The van der Waals surface area contributed by atoms with Gasteiger partial charge in [-0.1, -0.05) is 13.8 Å². The maximum atomic E-state index is 13.4. The van der Waals surface area contributed by atoms with Crippen LogP contribution in [0.4, 0.5) is 0 Å². The van der Waals surface area contributed by atoms with Crippen molar-refractivity contribution in [2.24, 2.45) is 5.92 Å². The van der Waals surface area contributed by atoms with Gasteiger partial charge in [0.1, 0.15) is 18.5 Å². The molecule has 3 N–H and O–H groups in total. The molecule has 1 aromatic rings. The Hall–Kier alpha value is -2.22. The third-order valence-corrected chi connectivity index (χ3v) is 6.96. The lowest BCUT2D eigenvalue weighted by atomic mass is 9.87. The fraction of sp³-hybridized carbons (Fsp3) is 0.607. The van der Waals surface area contributed by atoms with Gasteiger partial charge in [0.25, 0.3) is 0 Å². The minimum Gasteiger partial charge on any atom is -0.493 e. The number of hydrogen-bond donors (Lipinski definition) is 3. The Bertz CT molecular complexity index is 1010. The minimum absolute atomic E-state index is 0.0516. The average molecular weight is 661 g/mol. The first kappa shape index (κ1) is 33.0. The van der Waals surface area contributed by atoms with Crippen LogP contribution in [0.5, 0.6) is 11.5 Å². The predicted molar refractivity (Wildman–Crippen MR) is 155 cm³/mol. The number of amides is 2. The number of nitrogens with one attached hydrogen (secondary N) is 1. The predicted octanol–water partition coefficient (Wildman–Crippen LogP) is 2.72. The number of methoxy groups -OCH3 is 1. The quantitative estimate of drug-likeness (QED) is 0.149. The summed E-state index contributed by atoms with van der Waals surface area (Å²) < 4.78 is 17.9. The molecular weight excluding hydrogens is 619 g/mol. The first-order valence-electron chi connectivity index (χ1n) is 13.2. The molecule has 11 heteroatoms. The van der Waals surface area contributed by atoms with Crippen LogP contribution in [0.25, 0.3) is 0 Å². The molecule has 10 nitrogen and oxygen atoms in total. The molecule has 0 spiro atoms. The van der Waals surface area contributed by atoms with Crippen molar-refractivity contribution in [1.29, 1.82) is 0 Å². The van der Waals surface area contributed by atoms with E-state index in [1.54, 1.807) is 17.0 Å². The van der Waals surface area contributed by atoms with Crippen molar-refractivity contribution in [2.45, 2.75) is 71.3 Å². The zero-order valence-electron chi connectivity index (χ0n) is 23.3. The van der Waals surface area contributed by atoms with Gasteiger partial charge in [0.15, 0.2) is 11.5 Å². The van der Waals surface area contributed by atoms with Gasteiger partial charge in [-0.2, -0.15) is 0 Å². The molecule has 0 saturated heterocycles. The number of hydrogen-bond acceptors (Lipinski definition) is 8. The van der Waals surface area contributed by atoms with E-state index in [4.69, 9.17) is 14.2 Å². The number of ether oxygens (including phenoxy) is 3. The van der Waals surface area contributed by atoms with Crippen LogP contribution in [0.1, 0.15) is 57.3 Å². The van der Waals surface area contributed by atoms with Gasteiger partial charge < -0.3 is 34.6 Å². The molecule has 1 aliphatic rings. The van der Waals surface area contributed by atoms with Crippen LogP contribution in [0.2, 0.25) is 0 Å². The van der Waals surface area contributed by atoms with E-state index in [-0.39, 0.29) is 43.9 Å². The summed E-state index contributed by atoms with van der Waals surface area (Å²) in [5, 5.41) is 23.4. The third-order valence-electron chi connectivity index (χ3n) is 6.15. The van der Waals surface area contributed by atoms with Crippen LogP contribution in [-0.4, -0.2) is 91.0 Å². The summed E-state index contributed by atoms with van der Waals surface area (Å²) >= 11 is 2.02. The van der Waals surface area contributed by atoms with Crippen LogP contribution >= 0.6 is 22.6 Å². The number of halogens is 1. The third kappa shape index (κ3) is 9.73. The standard InChI is InChI=1S/C28H41IN2O8/c1-17(2)11-25(34)31(8-6-10-38-18(3)4)22-14-20(28(36)30-7-9-32)15-23(26(22)35)39-27-21(29)12-19(16-33)13-24(27)37-5/h12-13,15-18,22-23,26,32,35H,6-11,14H2,1-5H3,(H,30,36)/t22-,23+,26+/m1/s1. The number of aldehydes is 1. The van der Waals surface area contributed by atoms with E-state index in [2.05, 4.69) is 5.32 Å². The molecule has 39 heavy (non-hydrogen) atoms. The van der Waals surface area contributed by atoms with Crippen LogP contribution in [0.15, 0.2) is 23.8 Å². The van der Waals surface area contributed by atoms with Crippen LogP contribution in [0, 0.1) is 9.49 Å². The Balaban J connectivity index is 2.47. The number of carbonyl (C=O) groups is 3. The van der Waals surface area contributed by atoms with Gasteiger partial charge in [-0.25, -0.2) is 0 Å². The first-order valence-corrected chi connectivity index (χ1v) is 14.3. The van der Waals surface area contributed by atoms with Crippen LogP contribution < -0.4 is 14.8 Å². The normalized spacial score (nSPS) is 19.0. The Kier molecular flexibility index (Phi) is 13.7. The van der Waals surface area contributed by atoms with Gasteiger partial charge in [-0.15, -0.1) is 0 Å². The Labute approximate surface area is 244 Å². The van der Waals surface area contributed by atoms with E-state index in [0.29, 0.717) is 52.1 Å². The topological polar surface area (TPSA) is 135 Å². The second-order valence-corrected chi connectivity index (χ2v) is 11.3. The van der Waals surface area contributed by atoms with Crippen molar-refractivity contribution in [2.75, 3.05) is 33.4 Å². The van der Waals surface area contributed by atoms with Gasteiger partial charge in [0.05, 0.1) is 29.4 Å². The molecule has 0 aliphatic heterocycles. The second kappa shape index (κ2) is 16.1. The second-order valence-electron chi connectivity index (χ2n) is 10.1. The van der Waals surface area contributed by atoms with Crippen LogP contribution in [-0.2, 0) is 14.3 Å². The van der Waals surface area contributed by atoms with Gasteiger partial charge in [-0.3, -0.25) is 14.4 Å². The smallest absolute Gasteiger partial charge is 0.247 e. The van der Waals surface area contributed by atoms with Gasteiger partial charge in [0, 0.05) is 43.7 Å². The van der Waals surface area contributed by atoms with E-state index in [0.717, 1.165) is 0 Å². The van der Waals surface area contributed by atoms with Crippen LogP contribution in [0.3, 0.4) is 0 Å². The molecule has 1 aliphatic carbocycles. The lowest BCUT2D eigenvalue weighted by molar-refractivity contribution is -0.139. The molecule has 0 saturated carbocycles. The average Bonchev–Trinajstić information content (AvgIpc) is 2.88. The minimum atomic E-state index is -1.16. The fourth-order valence-corrected chi connectivity index (χ4v) is 5.09. The molecule has 218 valence electrons. The Morgan fingerprint density at radius 1 is 1.26 bits per heavy atom. The number of nitrogens with zero attached hydrogens (tertiary/aromatic N) is 1. The largest absolute Gasteiger partial charge is 0.493 e. The molecule has 2 rings (SSSR count). The highest BCUT2D eigenvalue weighted by Gasteiger charge is 2.40. The van der Waals surface area contributed by atoms with E-state index >= 15 is 0 Å². The first-order chi connectivity index (χ1) is 18.5. The summed E-state index contributed by atoms with van der Waals surface area (Å²) in [6, 6.07) is 2.42. The SMILES string of the molecule is COc1cc(C=O)cc(I)c1O[C@H]1C=C(C(=O)NCCO)C[C@@H](N(CCCOC(C)C)C(=O)CC(C)C)[C@@H]1O. The van der Waals surface area contributed by atoms with Crippen molar-refractivity contribution < 1.29 is 38.8 Å². The number of benzene rings is 1. The summed E-state index contributed by atoms with van der Waals surface area (Å²) in [6.07, 6.45) is 1.10. The number of rotatable bonds is 15. The maximum Gasteiger partial charge on any atom is 0.247 e. The number of aliphatic hydroxyl groups is 2. The molecule has 0 bridgehead atoms. The summed E-state index contributed by atoms with van der Waals surface area (Å²) in [5.74, 6) is 0.176. The van der Waals surface area contributed by atoms with Gasteiger partial charge >= 0.3 is 0 Å². The monoisotopic (exact) mass is 660 g/mol. The van der Waals surface area contributed by atoms with E-state index in [1.807, 2.05) is 50.3 Å². The zero-order chi connectivity index (χ0) is 29.1. The summed E-state index contributed by atoms with van der Waals surface area (Å²) in [6.45, 7) is 8.41. The summed E-state index contributed by atoms with van der Waals surface area (Å²) in [7, 11) is 1.45. The molecule has 0 heterocycles. The van der Waals surface area contributed by atoms with Gasteiger partial charge in [-0.05, 0) is 67.0 Å². The fourth-order valence-electron chi connectivity index (χ4n) is 4.33.